The molecular formula is C19H24BrN. The SMILES string of the molecule is CCC(CC)(c1ccccc1)C(N)Cc1cccc(Br)c1. The smallest absolute Gasteiger partial charge is 0.0178 e. The first kappa shape index (κ1) is 16.3. The first-order chi connectivity index (χ1) is 10.1. The molecule has 112 valence electrons. The molecule has 0 radical (unpaired) electrons. The maximum Gasteiger partial charge on any atom is 0.0178 e. The maximum atomic E-state index is 6.67. The third-order valence-corrected chi connectivity index (χ3v) is 5.16. The Bertz CT molecular complexity index is 561. The Balaban J connectivity index is 2.29. The normalized spacial score (nSPS) is 13.1. The number of nitrogens with two attached hydrogens (primary N) is 1. The van der Waals surface area contributed by atoms with Crippen molar-refractivity contribution in [1.29, 1.82) is 0 Å². The van der Waals surface area contributed by atoms with Gasteiger partial charge in [0.15, 0.2) is 0 Å². The molecule has 0 saturated heterocycles. The molecule has 2 aromatic rings. The van der Waals surface area contributed by atoms with E-state index in [-0.39, 0.29) is 11.5 Å². The van der Waals surface area contributed by atoms with Crippen molar-refractivity contribution in [2.24, 2.45) is 5.73 Å². The summed E-state index contributed by atoms with van der Waals surface area (Å²) in [5.74, 6) is 0. The van der Waals surface area contributed by atoms with Crippen LogP contribution in [0.1, 0.15) is 37.8 Å². The second-order valence-electron chi connectivity index (χ2n) is 5.67. The summed E-state index contributed by atoms with van der Waals surface area (Å²) in [6.07, 6.45) is 3.02. The van der Waals surface area contributed by atoms with Gasteiger partial charge in [-0.1, -0.05) is 72.2 Å². The zero-order chi connectivity index (χ0) is 15.3. The highest BCUT2D eigenvalue weighted by Crippen LogP contribution is 2.35. The van der Waals surface area contributed by atoms with Gasteiger partial charge in [-0.05, 0) is 42.5 Å². The Labute approximate surface area is 136 Å². The molecule has 0 aliphatic heterocycles. The number of rotatable bonds is 6. The summed E-state index contributed by atoms with van der Waals surface area (Å²) in [7, 11) is 0. The minimum atomic E-state index is 0.0452. The molecule has 0 spiro atoms. The number of hydrogen-bond donors (Lipinski definition) is 1. The topological polar surface area (TPSA) is 26.0 Å². The zero-order valence-electron chi connectivity index (χ0n) is 12.9. The fourth-order valence-electron chi connectivity index (χ4n) is 3.28. The predicted octanol–water partition coefficient (Wildman–Crippen LogP) is 5.08. The third kappa shape index (κ3) is 3.56. The number of hydrogen-bond acceptors (Lipinski definition) is 1. The van der Waals surface area contributed by atoms with Crippen LogP contribution in [0.5, 0.6) is 0 Å². The van der Waals surface area contributed by atoms with E-state index >= 15 is 0 Å². The molecule has 2 N–H and O–H groups in total. The van der Waals surface area contributed by atoms with E-state index in [1.54, 1.807) is 0 Å². The van der Waals surface area contributed by atoms with Crippen LogP contribution < -0.4 is 5.73 Å². The molecule has 0 aromatic heterocycles. The van der Waals surface area contributed by atoms with Crippen LogP contribution in [0.4, 0.5) is 0 Å². The van der Waals surface area contributed by atoms with Crippen molar-refractivity contribution < 1.29 is 0 Å². The Morgan fingerprint density at radius 2 is 1.67 bits per heavy atom. The van der Waals surface area contributed by atoms with Gasteiger partial charge in [-0.15, -0.1) is 0 Å². The maximum absolute atomic E-state index is 6.67. The lowest BCUT2D eigenvalue weighted by Gasteiger charge is -2.38. The number of benzene rings is 2. The van der Waals surface area contributed by atoms with Crippen LogP contribution in [0.2, 0.25) is 0 Å². The van der Waals surface area contributed by atoms with Crippen molar-refractivity contribution >= 4 is 15.9 Å². The highest BCUT2D eigenvalue weighted by molar-refractivity contribution is 9.10. The molecule has 2 heteroatoms. The molecule has 0 bridgehead atoms. The molecule has 1 unspecified atom stereocenters. The van der Waals surface area contributed by atoms with Crippen LogP contribution in [0.15, 0.2) is 59.1 Å². The predicted molar refractivity (Wildman–Crippen MR) is 94.5 cm³/mol. The molecule has 0 fully saturated rings. The van der Waals surface area contributed by atoms with Crippen LogP contribution in [-0.4, -0.2) is 6.04 Å². The van der Waals surface area contributed by atoms with Crippen molar-refractivity contribution in [3.63, 3.8) is 0 Å². The van der Waals surface area contributed by atoms with Gasteiger partial charge in [-0.3, -0.25) is 0 Å². The fraction of sp³-hybridized carbons (Fsp3) is 0.368. The van der Waals surface area contributed by atoms with E-state index in [1.807, 2.05) is 0 Å². The van der Waals surface area contributed by atoms with Crippen molar-refractivity contribution in [1.82, 2.24) is 0 Å². The van der Waals surface area contributed by atoms with Gasteiger partial charge in [0.25, 0.3) is 0 Å². The van der Waals surface area contributed by atoms with Crippen LogP contribution in [0.3, 0.4) is 0 Å². The second-order valence-corrected chi connectivity index (χ2v) is 6.59. The quantitative estimate of drug-likeness (QED) is 0.776. The molecule has 0 aliphatic rings. The van der Waals surface area contributed by atoms with Crippen molar-refractivity contribution in [3.8, 4) is 0 Å². The van der Waals surface area contributed by atoms with Crippen LogP contribution in [0, 0.1) is 0 Å². The minimum Gasteiger partial charge on any atom is -0.327 e. The van der Waals surface area contributed by atoms with Gasteiger partial charge in [0.2, 0.25) is 0 Å². The molecule has 2 aromatic carbocycles. The van der Waals surface area contributed by atoms with E-state index < -0.39 is 0 Å². The average molecular weight is 346 g/mol. The molecule has 1 nitrogen and oxygen atoms in total. The third-order valence-electron chi connectivity index (χ3n) is 4.66. The Morgan fingerprint density at radius 1 is 1.00 bits per heavy atom. The summed E-state index contributed by atoms with van der Waals surface area (Å²) in [5.41, 5.74) is 9.37. The standard InChI is InChI=1S/C19H24BrN/c1-3-19(4-2,16-10-6-5-7-11-16)18(21)14-15-9-8-12-17(20)13-15/h5-13,18H,3-4,14,21H2,1-2H3. The molecule has 0 heterocycles. The fourth-order valence-corrected chi connectivity index (χ4v) is 3.73. The van der Waals surface area contributed by atoms with E-state index in [2.05, 4.69) is 84.4 Å². The van der Waals surface area contributed by atoms with Gasteiger partial charge in [-0.2, -0.15) is 0 Å². The molecule has 2 rings (SSSR count). The summed E-state index contributed by atoms with van der Waals surface area (Å²) in [4.78, 5) is 0. The van der Waals surface area contributed by atoms with Crippen molar-refractivity contribution in [2.45, 2.75) is 44.6 Å². The molecule has 0 saturated carbocycles. The first-order valence-corrected chi connectivity index (χ1v) is 8.47. The van der Waals surface area contributed by atoms with Gasteiger partial charge in [0.1, 0.15) is 0 Å². The van der Waals surface area contributed by atoms with Crippen LogP contribution in [-0.2, 0) is 11.8 Å². The summed E-state index contributed by atoms with van der Waals surface area (Å²) in [6.45, 7) is 4.49. The molecule has 0 aliphatic carbocycles. The lowest BCUT2D eigenvalue weighted by Crippen LogP contribution is -2.46. The molecule has 1 atom stereocenters. The van der Waals surface area contributed by atoms with Crippen LogP contribution in [0.25, 0.3) is 0 Å². The van der Waals surface area contributed by atoms with Gasteiger partial charge < -0.3 is 5.73 Å². The number of halogens is 1. The average Bonchev–Trinajstić information content (AvgIpc) is 2.50. The summed E-state index contributed by atoms with van der Waals surface area (Å²) in [6, 6.07) is 19.3. The Kier molecular flexibility index (Phi) is 5.60. The summed E-state index contributed by atoms with van der Waals surface area (Å²) in [5, 5.41) is 0. The molecule has 0 amide bonds. The van der Waals surface area contributed by atoms with E-state index in [0.717, 1.165) is 23.7 Å². The van der Waals surface area contributed by atoms with Gasteiger partial charge in [0, 0.05) is 15.9 Å². The molecule has 21 heavy (non-hydrogen) atoms. The van der Waals surface area contributed by atoms with E-state index in [0.29, 0.717) is 0 Å². The lowest BCUT2D eigenvalue weighted by molar-refractivity contribution is 0.315. The largest absolute Gasteiger partial charge is 0.327 e. The minimum absolute atomic E-state index is 0.0452. The van der Waals surface area contributed by atoms with E-state index in [9.17, 15) is 0 Å². The zero-order valence-corrected chi connectivity index (χ0v) is 14.4. The lowest BCUT2D eigenvalue weighted by atomic mass is 9.69. The van der Waals surface area contributed by atoms with Crippen LogP contribution >= 0.6 is 15.9 Å². The van der Waals surface area contributed by atoms with Gasteiger partial charge in [0.05, 0.1) is 0 Å². The Morgan fingerprint density at radius 3 is 2.24 bits per heavy atom. The van der Waals surface area contributed by atoms with Crippen molar-refractivity contribution in [3.05, 3.63) is 70.2 Å². The monoisotopic (exact) mass is 345 g/mol. The van der Waals surface area contributed by atoms with Gasteiger partial charge >= 0.3 is 0 Å². The van der Waals surface area contributed by atoms with Gasteiger partial charge in [-0.25, -0.2) is 0 Å². The Hall–Kier alpha value is -1.12. The first-order valence-electron chi connectivity index (χ1n) is 7.68. The summed E-state index contributed by atoms with van der Waals surface area (Å²) >= 11 is 3.54. The van der Waals surface area contributed by atoms with E-state index in [1.165, 1.54) is 11.1 Å². The van der Waals surface area contributed by atoms with Crippen molar-refractivity contribution in [2.75, 3.05) is 0 Å². The highest BCUT2D eigenvalue weighted by atomic mass is 79.9. The molecular weight excluding hydrogens is 322 g/mol. The second kappa shape index (κ2) is 7.24. The highest BCUT2D eigenvalue weighted by Gasteiger charge is 2.34. The van der Waals surface area contributed by atoms with E-state index in [4.69, 9.17) is 5.73 Å². The summed E-state index contributed by atoms with van der Waals surface area (Å²) < 4.78 is 1.12.